The van der Waals surface area contributed by atoms with Crippen LogP contribution in [0.5, 0.6) is 0 Å². The van der Waals surface area contributed by atoms with Gasteiger partial charge in [0.15, 0.2) is 17.5 Å². The quantitative estimate of drug-likeness (QED) is 0.828. The van der Waals surface area contributed by atoms with Crippen molar-refractivity contribution in [1.29, 1.82) is 0 Å². The van der Waals surface area contributed by atoms with Crippen LogP contribution < -0.4 is 5.32 Å². The van der Waals surface area contributed by atoms with E-state index in [0.29, 0.717) is 30.4 Å². The summed E-state index contributed by atoms with van der Waals surface area (Å²) in [5, 5.41) is 2.71. The van der Waals surface area contributed by atoms with Crippen molar-refractivity contribution in [2.75, 3.05) is 16.8 Å². The fourth-order valence-corrected chi connectivity index (χ4v) is 2.98. The van der Waals surface area contributed by atoms with E-state index in [1.165, 1.54) is 0 Å². The Labute approximate surface area is 98.9 Å². The van der Waals surface area contributed by atoms with Crippen molar-refractivity contribution >= 4 is 16.6 Å². The Morgan fingerprint density at radius 3 is 2.53 bits per heavy atom. The van der Waals surface area contributed by atoms with Gasteiger partial charge in [-0.25, -0.2) is 8.78 Å². The summed E-state index contributed by atoms with van der Waals surface area (Å²) in [6, 6.07) is 0.366. The molecule has 0 amide bonds. The second-order valence-corrected chi connectivity index (χ2v) is 5.55. The van der Waals surface area contributed by atoms with Crippen molar-refractivity contribution in [3.8, 4) is 0 Å². The van der Waals surface area contributed by atoms with Crippen LogP contribution in [0.4, 0.5) is 19.0 Å². The van der Waals surface area contributed by atoms with E-state index in [4.69, 9.17) is 0 Å². The predicted octanol–water partition coefficient (Wildman–Crippen LogP) is 1.82. The van der Waals surface area contributed by atoms with Crippen LogP contribution in [0.3, 0.4) is 0 Å². The van der Waals surface area contributed by atoms with Crippen LogP contribution in [0.1, 0.15) is 12.8 Å². The van der Waals surface area contributed by atoms with E-state index in [-0.39, 0.29) is 11.9 Å². The number of pyridine rings is 1. The summed E-state index contributed by atoms with van der Waals surface area (Å²) in [6.07, 6.45) is 1.21. The molecule has 7 heteroatoms. The average molecular weight is 264 g/mol. The molecule has 1 aromatic heterocycles. The zero-order chi connectivity index (χ0) is 12.4. The van der Waals surface area contributed by atoms with Crippen molar-refractivity contribution in [3.63, 3.8) is 0 Å². The summed E-state index contributed by atoms with van der Waals surface area (Å²) in [6.45, 7) is 0. The van der Waals surface area contributed by atoms with Gasteiger partial charge in [-0.1, -0.05) is 0 Å². The first kappa shape index (κ1) is 12.3. The maximum atomic E-state index is 13.3. The zero-order valence-corrected chi connectivity index (χ0v) is 9.70. The number of halogens is 3. The normalized spacial score (nSPS) is 24.6. The van der Waals surface area contributed by atoms with Crippen molar-refractivity contribution in [2.24, 2.45) is 0 Å². The van der Waals surface area contributed by atoms with Gasteiger partial charge in [-0.15, -0.1) is 0 Å². The molecule has 2 heterocycles. The summed E-state index contributed by atoms with van der Waals surface area (Å²) in [5.74, 6) is -2.78. The molecular formula is C10H11F3N2OS. The molecule has 1 aromatic rings. The molecule has 0 aliphatic carbocycles. The number of anilines is 1. The number of nitrogens with zero attached hydrogens (tertiary/aromatic N) is 1. The van der Waals surface area contributed by atoms with Gasteiger partial charge in [0.1, 0.15) is 0 Å². The minimum atomic E-state index is -1.33. The zero-order valence-electron chi connectivity index (χ0n) is 8.88. The molecule has 1 aliphatic heterocycles. The Bertz CT molecular complexity index is 445. The third-order valence-corrected chi connectivity index (χ3v) is 4.00. The van der Waals surface area contributed by atoms with E-state index in [1.807, 2.05) is 0 Å². The maximum absolute atomic E-state index is 13.3. The Kier molecular flexibility index (Phi) is 3.66. The average Bonchev–Trinajstić information content (AvgIpc) is 2.29. The lowest BCUT2D eigenvalue weighted by Gasteiger charge is -2.23. The fraction of sp³-hybridized carbons (Fsp3) is 0.500. The first-order valence-electron chi connectivity index (χ1n) is 5.19. The largest absolute Gasteiger partial charge is 0.365 e. The topological polar surface area (TPSA) is 42.0 Å². The van der Waals surface area contributed by atoms with Gasteiger partial charge >= 0.3 is 0 Å². The second-order valence-electron chi connectivity index (χ2n) is 3.86. The first-order valence-corrected chi connectivity index (χ1v) is 6.68. The van der Waals surface area contributed by atoms with Crippen LogP contribution in [0.2, 0.25) is 0 Å². The molecule has 0 atom stereocenters. The molecule has 2 rings (SSSR count). The van der Waals surface area contributed by atoms with Gasteiger partial charge in [0.25, 0.3) is 5.95 Å². The van der Waals surface area contributed by atoms with Crippen LogP contribution in [0.25, 0.3) is 0 Å². The molecule has 3 nitrogen and oxygen atoms in total. The molecule has 0 spiro atoms. The molecule has 0 radical (unpaired) electrons. The third kappa shape index (κ3) is 2.96. The van der Waals surface area contributed by atoms with E-state index in [2.05, 4.69) is 10.3 Å². The minimum Gasteiger partial charge on any atom is -0.365 e. The van der Waals surface area contributed by atoms with Crippen LogP contribution >= 0.6 is 0 Å². The van der Waals surface area contributed by atoms with E-state index in [9.17, 15) is 17.4 Å². The number of nitrogens with one attached hydrogen (secondary N) is 1. The number of hydrogen-bond donors (Lipinski definition) is 1. The van der Waals surface area contributed by atoms with Crippen LogP contribution in [0, 0.1) is 17.6 Å². The highest BCUT2D eigenvalue weighted by Gasteiger charge is 2.20. The van der Waals surface area contributed by atoms with E-state index >= 15 is 0 Å². The van der Waals surface area contributed by atoms with Crippen molar-refractivity contribution in [3.05, 3.63) is 23.6 Å². The smallest absolute Gasteiger partial charge is 0.251 e. The highest BCUT2D eigenvalue weighted by atomic mass is 32.2. The summed E-state index contributed by atoms with van der Waals surface area (Å²) in [4.78, 5) is 3.18. The molecule has 17 heavy (non-hydrogen) atoms. The molecule has 0 unspecified atom stereocenters. The number of rotatable bonds is 2. The molecule has 94 valence electrons. The first-order chi connectivity index (χ1) is 8.06. The standard InChI is InChI=1S/C10H11F3N2OS/c11-7-5-8(12)10(15-9(7)13)14-6-1-3-17(16)4-2-6/h5-6H,1-4H2,(H,14,15). The predicted molar refractivity (Wildman–Crippen MR) is 58.6 cm³/mol. The van der Waals surface area contributed by atoms with Crippen LogP contribution in [-0.4, -0.2) is 26.7 Å². The molecular weight excluding hydrogens is 253 g/mol. The summed E-state index contributed by atoms with van der Waals surface area (Å²) in [7, 11) is -0.821. The molecule has 1 saturated heterocycles. The third-order valence-electron chi connectivity index (χ3n) is 2.62. The van der Waals surface area contributed by atoms with Crippen molar-refractivity contribution in [1.82, 2.24) is 4.98 Å². The van der Waals surface area contributed by atoms with Gasteiger partial charge in [0.2, 0.25) is 0 Å². The Hall–Kier alpha value is -1.11. The second kappa shape index (κ2) is 5.03. The van der Waals surface area contributed by atoms with E-state index in [0.717, 1.165) is 0 Å². The number of aromatic nitrogens is 1. The molecule has 0 saturated carbocycles. The fourth-order valence-electron chi connectivity index (χ4n) is 1.68. The molecule has 0 aromatic carbocycles. The highest BCUT2D eigenvalue weighted by Crippen LogP contribution is 2.19. The van der Waals surface area contributed by atoms with Crippen LogP contribution in [0.15, 0.2) is 6.07 Å². The molecule has 1 aliphatic rings. The molecule has 0 bridgehead atoms. The lowest BCUT2D eigenvalue weighted by atomic mass is 10.1. The SMILES string of the molecule is O=S1CCC(Nc2nc(F)c(F)cc2F)CC1. The van der Waals surface area contributed by atoms with E-state index < -0.39 is 28.4 Å². The lowest BCUT2D eigenvalue weighted by Crippen LogP contribution is -2.30. The van der Waals surface area contributed by atoms with Crippen molar-refractivity contribution in [2.45, 2.75) is 18.9 Å². The Morgan fingerprint density at radius 2 is 1.88 bits per heavy atom. The molecule has 1 fully saturated rings. The highest BCUT2D eigenvalue weighted by molar-refractivity contribution is 7.85. The summed E-state index contributed by atoms with van der Waals surface area (Å²) < 4.78 is 49.9. The van der Waals surface area contributed by atoms with Gasteiger partial charge in [-0.2, -0.15) is 9.37 Å². The molecule has 1 N–H and O–H groups in total. The lowest BCUT2D eigenvalue weighted by molar-refractivity contribution is 0.464. The summed E-state index contributed by atoms with van der Waals surface area (Å²) in [5.41, 5.74) is 0. The van der Waals surface area contributed by atoms with Gasteiger partial charge in [0.05, 0.1) is 0 Å². The maximum Gasteiger partial charge on any atom is 0.251 e. The Balaban J connectivity index is 2.08. The van der Waals surface area contributed by atoms with E-state index in [1.54, 1.807) is 0 Å². The van der Waals surface area contributed by atoms with Gasteiger partial charge in [0, 0.05) is 34.4 Å². The number of hydrogen-bond acceptors (Lipinski definition) is 3. The Morgan fingerprint density at radius 1 is 1.24 bits per heavy atom. The van der Waals surface area contributed by atoms with Gasteiger partial charge in [-0.05, 0) is 12.8 Å². The van der Waals surface area contributed by atoms with Crippen molar-refractivity contribution < 1.29 is 17.4 Å². The monoisotopic (exact) mass is 264 g/mol. The minimum absolute atomic E-state index is 0.0976. The van der Waals surface area contributed by atoms with Gasteiger partial charge < -0.3 is 5.32 Å². The summed E-state index contributed by atoms with van der Waals surface area (Å²) >= 11 is 0. The van der Waals surface area contributed by atoms with Crippen LogP contribution in [-0.2, 0) is 10.8 Å². The van der Waals surface area contributed by atoms with Gasteiger partial charge in [-0.3, -0.25) is 4.21 Å².